The number of hydrogen-bond donors (Lipinski definition) is 0. The zero-order chi connectivity index (χ0) is 54.5. The highest BCUT2D eigenvalue weighted by Crippen LogP contribution is 2.50. The molecule has 4 nitrogen and oxygen atoms in total. The number of nitrogens with zero attached hydrogens (tertiary/aromatic N) is 4. The van der Waals surface area contributed by atoms with Crippen LogP contribution in [-0.2, 0) is 6.18 Å². The number of aromatic nitrogens is 2. The zero-order valence-corrected chi connectivity index (χ0v) is 44.7. The van der Waals surface area contributed by atoms with Gasteiger partial charge in [-0.05, 0) is 194 Å². The Balaban J connectivity index is 1.24. The predicted octanol–water partition coefficient (Wildman–Crippen LogP) is 20.8. The third-order valence-corrected chi connectivity index (χ3v) is 15.7. The van der Waals surface area contributed by atoms with Crippen molar-refractivity contribution >= 4 is 55.0 Å². The minimum atomic E-state index is -4.83. The molecule has 0 bridgehead atoms. The summed E-state index contributed by atoms with van der Waals surface area (Å²) in [5, 5.41) is 3.85. The van der Waals surface area contributed by atoms with E-state index in [9.17, 15) is 0 Å². The maximum absolute atomic E-state index is 15.4. The molecule has 0 saturated carbocycles. The van der Waals surface area contributed by atoms with Crippen molar-refractivity contribution in [3.8, 4) is 67.0 Å². The smallest absolute Gasteiger partial charge is 0.308 e. The van der Waals surface area contributed by atoms with Gasteiger partial charge in [0, 0.05) is 21.5 Å². The fraction of sp³-hybridized carbons (Fsp3) is 0.127. The molecule has 10 aromatic carbocycles. The minimum Gasteiger partial charge on any atom is -0.308 e. The van der Waals surface area contributed by atoms with Crippen LogP contribution in [0.15, 0.2) is 176 Å². The largest absolute Gasteiger partial charge is 0.415 e. The SMILES string of the molecule is [C-]#[N+]c1cc(-n2c3ccc(-c4ccc(C)cc4C)cc3c3cc(-c4ccc(C)cc4C)ccc32)c(-n2c3ccc(-c4ccc(C)cc4C)cc3c3cc(-c4ccc(C)cc4C)ccc32)cc1-c1c([N+]#[C-])cccc1C(F)(F)F. The van der Waals surface area contributed by atoms with Crippen molar-refractivity contribution in [2.45, 2.75) is 61.6 Å². The first-order chi connectivity index (χ1) is 37.5. The van der Waals surface area contributed by atoms with E-state index >= 15 is 13.2 Å². The molecule has 0 fully saturated rings. The van der Waals surface area contributed by atoms with Crippen LogP contribution in [0.1, 0.15) is 50.1 Å². The molecular weight excluding hydrogens is 966 g/mol. The van der Waals surface area contributed by atoms with Gasteiger partial charge in [0.15, 0.2) is 11.4 Å². The van der Waals surface area contributed by atoms with E-state index in [1.807, 2.05) is 0 Å². The fourth-order valence-electron chi connectivity index (χ4n) is 12.2. The van der Waals surface area contributed by atoms with E-state index < -0.39 is 11.7 Å². The number of benzene rings is 10. The first-order valence-electron chi connectivity index (χ1n) is 26.1. The Labute approximate surface area is 452 Å². The molecule has 12 aromatic rings. The summed E-state index contributed by atoms with van der Waals surface area (Å²) in [5.41, 5.74) is 20.8. The van der Waals surface area contributed by atoms with Crippen LogP contribution in [0.4, 0.5) is 24.5 Å². The maximum Gasteiger partial charge on any atom is 0.415 e. The number of halogens is 3. The second-order valence-electron chi connectivity index (χ2n) is 21.2. The quantitative estimate of drug-likeness (QED) is 0.142. The van der Waals surface area contributed by atoms with Crippen molar-refractivity contribution in [1.82, 2.24) is 9.13 Å². The summed E-state index contributed by atoms with van der Waals surface area (Å²) >= 11 is 0. The Hall–Kier alpha value is -9.43. The van der Waals surface area contributed by atoms with Crippen LogP contribution >= 0.6 is 0 Å². The summed E-state index contributed by atoms with van der Waals surface area (Å²) in [6, 6.07) is 59.0. The first-order valence-corrected chi connectivity index (χ1v) is 26.1. The summed E-state index contributed by atoms with van der Waals surface area (Å²) < 4.78 is 50.5. The Morgan fingerprint density at radius 1 is 0.346 bits per heavy atom. The molecule has 0 amide bonds. The summed E-state index contributed by atoms with van der Waals surface area (Å²) in [6.07, 6.45) is -4.83. The molecule has 7 heteroatoms. The van der Waals surface area contributed by atoms with Crippen LogP contribution in [0.2, 0.25) is 0 Å². The van der Waals surface area contributed by atoms with E-state index in [0.717, 1.165) is 116 Å². The Bertz CT molecular complexity index is 4390. The molecule has 0 atom stereocenters. The highest BCUT2D eigenvalue weighted by Gasteiger charge is 2.36. The van der Waals surface area contributed by atoms with Gasteiger partial charge in [0.1, 0.15) is 0 Å². The lowest BCUT2D eigenvalue weighted by Gasteiger charge is -2.22. The molecule has 0 aliphatic rings. The summed E-state index contributed by atoms with van der Waals surface area (Å²) in [4.78, 5) is 7.71. The van der Waals surface area contributed by atoms with Crippen LogP contribution in [0.25, 0.3) is 120 Å². The average Bonchev–Trinajstić information content (AvgIpc) is 4.13. The van der Waals surface area contributed by atoms with Crippen molar-refractivity contribution in [3.63, 3.8) is 0 Å². The van der Waals surface area contributed by atoms with Gasteiger partial charge in [0.25, 0.3) is 0 Å². The number of alkyl halides is 3. The van der Waals surface area contributed by atoms with Gasteiger partial charge in [-0.3, -0.25) is 0 Å². The van der Waals surface area contributed by atoms with Crippen molar-refractivity contribution < 1.29 is 13.2 Å². The molecule has 0 aliphatic carbocycles. The van der Waals surface area contributed by atoms with Gasteiger partial charge < -0.3 is 9.13 Å². The van der Waals surface area contributed by atoms with E-state index in [1.165, 1.54) is 34.4 Å². The fourth-order valence-corrected chi connectivity index (χ4v) is 12.2. The zero-order valence-electron chi connectivity index (χ0n) is 44.7. The van der Waals surface area contributed by atoms with Gasteiger partial charge in [0.2, 0.25) is 0 Å². The van der Waals surface area contributed by atoms with Gasteiger partial charge in [-0.2, -0.15) is 13.2 Å². The number of fused-ring (bicyclic) bond motifs is 6. The van der Waals surface area contributed by atoms with Crippen molar-refractivity contribution in [2.24, 2.45) is 0 Å². The molecule has 78 heavy (non-hydrogen) atoms. The topological polar surface area (TPSA) is 18.6 Å². The molecule has 2 aromatic heterocycles. The maximum atomic E-state index is 15.4. The molecule has 0 aliphatic heterocycles. The Morgan fingerprint density at radius 3 is 0.987 bits per heavy atom. The average molecular weight is 1020 g/mol. The van der Waals surface area contributed by atoms with Crippen molar-refractivity contribution in [2.75, 3.05) is 0 Å². The second kappa shape index (κ2) is 18.7. The minimum absolute atomic E-state index is 0.0146. The van der Waals surface area contributed by atoms with Crippen LogP contribution in [0, 0.1) is 68.5 Å². The highest BCUT2D eigenvalue weighted by molar-refractivity contribution is 6.15. The normalized spacial score (nSPS) is 11.8. The molecule has 0 radical (unpaired) electrons. The summed E-state index contributed by atoms with van der Waals surface area (Å²) in [5.74, 6) is 0. The van der Waals surface area contributed by atoms with Crippen LogP contribution < -0.4 is 0 Å². The number of aryl methyl sites for hydroxylation is 8. The van der Waals surface area contributed by atoms with E-state index in [4.69, 9.17) is 13.1 Å². The third-order valence-electron chi connectivity index (χ3n) is 15.7. The molecule has 0 unspecified atom stereocenters. The molecule has 378 valence electrons. The van der Waals surface area contributed by atoms with Gasteiger partial charge in [-0.25, -0.2) is 9.69 Å². The van der Waals surface area contributed by atoms with Crippen LogP contribution in [-0.4, -0.2) is 9.13 Å². The van der Waals surface area contributed by atoms with Crippen molar-refractivity contribution in [1.29, 1.82) is 0 Å². The Kier molecular flexibility index (Phi) is 11.8. The molecule has 0 saturated heterocycles. The number of hydrogen-bond acceptors (Lipinski definition) is 0. The lowest BCUT2D eigenvalue weighted by molar-refractivity contribution is -0.137. The Morgan fingerprint density at radius 2 is 0.679 bits per heavy atom. The molecular formula is C71H53F3N4. The first kappa shape index (κ1) is 49.4. The third kappa shape index (κ3) is 8.22. The standard InChI is InChI=1S/C71H53F3N4/c1-40-14-22-52(44(5)30-40)48-18-26-64-56(34-48)57-35-49(53-23-15-41(2)31-45(53)6)19-27-65(57)77(64)68-38-60(70-61(71(72,73)74)12-11-13-62(70)75-9)63(76-10)39-69(68)78-66-28-20-50(54-24-16-42(3)32-46(54)7)36-58(66)59-37-51(21-29-67(59)78)55-25-17-43(4)33-47(55)8/h11-39H,1-8H3. The summed E-state index contributed by atoms with van der Waals surface area (Å²) in [7, 11) is 0. The van der Waals surface area contributed by atoms with Crippen LogP contribution in [0.5, 0.6) is 0 Å². The molecule has 12 rings (SSSR count). The molecule has 2 heterocycles. The number of rotatable bonds is 7. The van der Waals surface area contributed by atoms with Crippen molar-refractivity contribution in [3.05, 3.63) is 249 Å². The van der Waals surface area contributed by atoms with Gasteiger partial charge in [0.05, 0.1) is 52.1 Å². The van der Waals surface area contributed by atoms with E-state index in [2.05, 4.69) is 220 Å². The predicted molar refractivity (Wildman–Crippen MR) is 318 cm³/mol. The highest BCUT2D eigenvalue weighted by atomic mass is 19.4. The lowest BCUT2D eigenvalue weighted by atomic mass is 9.94. The molecule has 0 N–H and O–H groups in total. The van der Waals surface area contributed by atoms with Crippen LogP contribution in [0.3, 0.4) is 0 Å². The van der Waals surface area contributed by atoms with Gasteiger partial charge >= 0.3 is 6.18 Å². The summed E-state index contributed by atoms with van der Waals surface area (Å²) in [6.45, 7) is 33.9. The van der Waals surface area contributed by atoms with Gasteiger partial charge in [-0.1, -0.05) is 138 Å². The van der Waals surface area contributed by atoms with E-state index in [1.54, 1.807) is 12.1 Å². The van der Waals surface area contributed by atoms with Gasteiger partial charge in [-0.15, -0.1) is 0 Å². The molecule has 0 spiro atoms. The van der Waals surface area contributed by atoms with E-state index in [-0.39, 0.29) is 22.5 Å². The van der Waals surface area contributed by atoms with E-state index in [0.29, 0.717) is 11.4 Å². The lowest BCUT2D eigenvalue weighted by Crippen LogP contribution is -2.08. The second-order valence-corrected chi connectivity index (χ2v) is 21.2. The monoisotopic (exact) mass is 1020 g/mol.